The van der Waals surface area contributed by atoms with Gasteiger partial charge in [-0.2, -0.15) is 11.8 Å². The van der Waals surface area contributed by atoms with Crippen molar-refractivity contribution < 1.29 is 0 Å². The van der Waals surface area contributed by atoms with Crippen molar-refractivity contribution in [1.82, 2.24) is 10.3 Å². The second-order valence-electron chi connectivity index (χ2n) is 5.38. The maximum atomic E-state index is 4.81. The second-order valence-corrected chi connectivity index (χ2v) is 7.58. The van der Waals surface area contributed by atoms with Crippen LogP contribution in [0.1, 0.15) is 49.1 Å². The van der Waals surface area contributed by atoms with Crippen LogP contribution < -0.4 is 5.32 Å². The van der Waals surface area contributed by atoms with Crippen molar-refractivity contribution in [2.24, 2.45) is 5.92 Å². The Labute approximate surface area is 119 Å². The van der Waals surface area contributed by atoms with Gasteiger partial charge in [0.2, 0.25) is 0 Å². The summed E-state index contributed by atoms with van der Waals surface area (Å²) in [6.45, 7) is 6.65. The first-order chi connectivity index (χ1) is 8.75. The third-order valence-electron chi connectivity index (χ3n) is 3.14. The molecular weight excluding hydrogens is 260 g/mol. The van der Waals surface area contributed by atoms with Crippen molar-refractivity contribution >= 4 is 23.1 Å². The van der Waals surface area contributed by atoms with Gasteiger partial charge in [-0.25, -0.2) is 4.98 Å². The third kappa shape index (κ3) is 4.56. The molecule has 4 heteroatoms. The third-order valence-corrected chi connectivity index (χ3v) is 5.68. The molecule has 1 aromatic rings. The molecule has 1 aromatic heterocycles. The van der Waals surface area contributed by atoms with Crippen LogP contribution in [-0.4, -0.2) is 23.8 Å². The lowest BCUT2D eigenvalue weighted by Gasteiger charge is -2.18. The van der Waals surface area contributed by atoms with Crippen molar-refractivity contribution in [3.63, 3.8) is 0 Å². The SMILES string of the molecule is CC(C)CNCCc1csc(C2CCCCS2)n1. The van der Waals surface area contributed by atoms with Gasteiger partial charge < -0.3 is 5.32 Å². The van der Waals surface area contributed by atoms with E-state index < -0.39 is 0 Å². The molecule has 1 aliphatic rings. The fraction of sp³-hybridized carbons (Fsp3) is 0.786. The lowest BCUT2D eigenvalue weighted by Crippen LogP contribution is -2.22. The molecule has 1 fully saturated rings. The summed E-state index contributed by atoms with van der Waals surface area (Å²) in [6.07, 6.45) is 5.16. The average molecular weight is 284 g/mol. The number of hydrogen-bond donors (Lipinski definition) is 1. The molecule has 1 aliphatic heterocycles. The minimum atomic E-state index is 0.682. The fourth-order valence-corrected chi connectivity index (χ4v) is 4.55. The van der Waals surface area contributed by atoms with Crippen LogP contribution in [0.2, 0.25) is 0 Å². The molecule has 0 saturated carbocycles. The van der Waals surface area contributed by atoms with E-state index in [1.165, 1.54) is 35.7 Å². The van der Waals surface area contributed by atoms with Crippen molar-refractivity contribution in [1.29, 1.82) is 0 Å². The van der Waals surface area contributed by atoms with Gasteiger partial charge in [-0.1, -0.05) is 20.3 Å². The topological polar surface area (TPSA) is 24.9 Å². The molecule has 2 rings (SSSR count). The van der Waals surface area contributed by atoms with E-state index in [1.807, 2.05) is 11.3 Å². The Morgan fingerprint density at radius 2 is 2.33 bits per heavy atom. The van der Waals surface area contributed by atoms with Gasteiger partial charge in [0.25, 0.3) is 0 Å². The van der Waals surface area contributed by atoms with Crippen LogP contribution in [0.5, 0.6) is 0 Å². The van der Waals surface area contributed by atoms with E-state index in [4.69, 9.17) is 4.98 Å². The van der Waals surface area contributed by atoms with Crippen LogP contribution in [0.25, 0.3) is 0 Å². The van der Waals surface area contributed by atoms with Crippen LogP contribution in [0.4, 0.5) is 0 Å². The highest BCUT2D eigenvalue weighted by molar-refractivity contribution is 7.99. The number of thioether (sulfide) groups is 1. The number of rotatable bonds is 6. The Kier molecular flexibility index (Phi) is 5.99. The normalized spacial score (nSPS) is 20.5. The summed E-state index contributed by atoms with van der Waals surface area (Å²) in [6, 6.07) is 0. The predicted octanol–water partition coefficient (Wildman–Crippen LogP) is 3.89. The largest absolute Gasteiger partial charge is 0.316 e. The molecule has 0 aliphatic carbocycles. The number of nitrogens with zero attached hydrogens (tertiary/aromatic N) is 1. The summed E-state index contributed by atoms with van der Waals surface area (Å²) in [7, 11) is 0. The number of aromatic nitrogens is 1. The highest BCUT2D eigenvalue weighted by Gasteiger charge is 2.18. The van der Waals surface area contributed by atoms with Crippen molar-refractivity contribution in [2.45, 2.75) is 44.8 Å². The molecule has 0 radical (unpaired) electrons. The fourth-order valence-electron chi connectivity index (χ4n) is 2.13. The molecule has 0 amide bonds. The highest BCUT2D eigenvalue weighted by Crippen LogP contribution is 2.39. The van der Waals surface area contributed by atoms with Crippen LogP contribution in [0, 0.1) is 5.92 Å². The van der Waals surface area contributed by atoms with Crippen molar-refractivity contribution in [3.05, 3.63) is 16.1 Å². The lowest BCUT2D eigenvalue weighted by atomic mass is 10.2. The Morgan fingerprint density at radius 1 is 1.44 bits per heavy atom. The van der Waals surface area contributed by atoms with Crippen LogP contribution >= 0.6 is 23.1 Å². The van der Waals surface area contributed by atoms with Crippen molar-refractivity contribution in [2.75, 3.05) is 18.8 Å². The van der Waals surface area contributed by atoms with Gasteiger partial charge >= 0.3 is 0 Å². The molecule has 1 atom stereocenters. The summed E-state index contributed by atoms with van der Waals surface area (Å²) in [5.74, 6) is 2.05. The number of thiazole rings is 1. The van der Waals surface area contributed by atoms with Crippen LogP contribution in [0.3, 0.4) is 0 Å². The first-order valence-corrected chi connectivity index (χ1v) is 8.95. The van der Waals surface area contributed by atoms with Gasteiger partial charge in [-0.3, -0.25) is 0 Å². The Bertz CT molecular complexity index is 343. The molecular formula is C14H24N2S2. The van der Waals surface area contributed by atoms with E-state index in [0.717, 1.165) is 25.4 Å². The van der Waals surface area contributed by atoms with Gasteiger partial charge in [-0.15, -0.1) is 11.3 Å². The van der Waals surface area contributed by atoms with Crippen LogP contribution in [0.15, 0.2) is 5.38 Å². The monoisotopic (exact) mass is 284 g/mol. The molecule has 1 saturated heterocycles. The van der Waals surface area contributed by atoms with E-state index in [1.54, 1.807) is 0 Å². The smallest absolute Gasteiger partial charge is 0.106 e. The molecule has 2 heterocycles. The van der Waals surface area contributed by atoms with Gasteiger partial charge in [0, 0.05) is 18.3 Å². The quantitative estimate of drug-likeness (QED) is 0.802. The lowest BCUT2D eigenvalue weighted by molar-refractivity contribution is 0.552. The van der Waals surface area contributed by atoms with E-state index in [0.29, 0.717) is 5.25 Å². The Morgan fingerprint density at radius 3 is 3.06 bits per heavy atom. The zero-order chi connectivity index (χ0) is 12.8. The minimum absolute atomic E-state index is 0.682. The van der Waals surface area contributed by atoms with Gasteiger partial charge in [0.05, 0.1) is 10.9 Å². The van der Waals surface area contributed by atoms with E-state index >= 15 is 0 Å². The zero-order valence-electron chi connectivity index (χ0n) is 11.4. The number of nitrogens with one attached hydrogen (secondary N) is 1. The summed E-state index contributed by atoms with van der Waals surface area (Å²) in [4.78, 5) is 4.81. The van der Waals surface area contributed by atoms with E-state index in [2.05, 4.69) is 36.3 Å². The molecule has 2 nitrogen and oxygen atoms in total. The minimum Gasteiger partial charge on any atom is -0.316 e. The van der Waals surface area contributed by atoms with Gasteiger partial charge in [-0.05, 0) is 31.1 Å². The Hall–Kier alpha value is -0.0600. The highest BCUT2D eigenvalue weighted by atomic mass is 32.2. The van der Waals surface area contributed by atoms with Crippen LogP contribution in [-0.2, 0) is 6.42 Å². The molecule has 0 aromatic carbocycles. The molecule has 18 heavy (non-hydrogen) atoms. The average Bonchev–Trinajstić information content (AvgIpc) is 2.84. The summed E-state index contributed by atoms with van der Waals surface area (Å²) < 4.78 is 0. The first kappa shape index (κ1) is 14.4. The molecule has 1 N–H and O–H groups in total. The predicted molar refractivity (Wildman–Crippen MR) is 82.6 cm³/mol. The van der Waals surface area contributed by atoms with Gasteiger partial charge in [0.1, 0.15) is 5.01 Å². The molecule has 0 bridgehead atoms. The molecule has 0 spiro atoms. The molecule has 1 unspecified atom stereocenters. The summed E-state index contributed by atoms with van der Waals surface area (Å²) in [5.41, 5.74) is 1.28. The van der Waals surface area contributed by atoms with Crippen molar-refractivity contribution in [3.8, 4) is 0 Å². The van der Waals surface area contributed by atoms with Gasteiger partial charge in [0.15, 0.2) is 0 Å². The maximum absolute atomic E-state index is 4.81. The summed E-state index contributed by atoms with van der Waals surface area (Å²) in [5, 5.41) is 7.77. The van der Waals surface area contributed by atoms with E-state index in [-0.39, 0.29) is 0 Å². The second kappa shape index (κ2) is 7.51. The summed E-state index contributed by atoms with van der Waals surface area (Å²) >= 11 is 3.95. The Balaban J connectivity index is 1.75. The first-order valence-electron chi connectivity index (χ1n) is 7.02. The molecule has 102 valence electrons. The van der Waals surface area contributed by atoms with E-state index in [9.17, 15) is 0 Å². The standard InChI is InChI=1S/C14H24N2S2/c1-11(2)9-15-7-6-12-10-18-14(16-12)13-5-3-4-8-17-13/h10-11,13,15H,3-9H2,1-2H3. The maximum Gasteiger partial charge on any atom is 0.106 e. The number of hydrogen-bond acceptors (Lipinski definition) is 4. The zero-order valence-corrected chi connectivity index (χ0v) is 13.1.